The number of nitrogens with one attached hydrogen (secondary N) is 2. The first kappa shape index (κ1) is 15.0. The minimum Gasteiger partial charge on any atom is -0.382 e. The summed E-state index contributed by atoms with van der Waals surface area (Å²) in [6.07, 6.45) is 0. The van der Waals surface area contributed by atoms with Gasteiger partial charge in [-0.2, -0.15) is 10.3 Å². The third kappa shape index (κ3) is 3.38. The van der Waals surface area contributed by atoms with Crippen LogP contribution >= 0.6 is 17.0 Å². The molecule has 0 saturated carbocycles. The van der Waals surface area contributed by atoms with E-state index >= 15 is 0 Å². The molecule has 0 spiro atoms. The lowest BCUT2D eigenvalue weighted by atomic mass is 10.1. The Kier molecular flexibility index (Phi) is 4.54. The Morgan fingerprint density at radius 1 is 1.19 bits per heavy atom. The number of nitrogens with zero attached hydrogens (tertiary/aromatic N) is 2. The first-order valence-electron chi connectivity index (χ1n) is 6.08. The number of aromatic nitrogens is 3. The van der Waals surface area contributed by atoms with E-state index in [1.54, 1.807) is 12.1 Å². The zero-order chi connectivity index (χ0) is 13.9. The molecule has 0 aliphatic rings. The fraction of sp³-hybridized carbons (Fsp3) is 0.0714. The molecule has 0 amide bonds. The molecule has 0 aliphatic carbocycles. The van der Waals surface area contributed by atoms with Crippen LogP contribution in [-0.2, 0) is 6.54 Å². The Morgan fingerprint density at radius 2 is 1.95 bits per heavy atom. The van der Waals surface area contributed by atoms with Crippen LogP contribution in [0, 0.1) is 5.41 Å². The van der Waals surface area contributed by atoms with Gasteiger partial charge in [-0.25, -0.2) is 4.68 Å². The maximum absolute atomic E-state index is 11.0. The molecule has 0 unspecified atom stereocenters. The van der Waals surface area contributed by atoms with Gasteiger partial charge in [0.15, 0.2) is 5.76 Å². The summed E-state index contributed by atoms with van der Waals surface area (Å²) < 4.78 is 6.47. The normalized spacial score (nSPS) is 10.1. The summed E-state index contributed by atoms with van der Waals surface area (Å²) in [5.74, 6) is 0.436. The zero-order valence-corrected chi connectivity index (χ0v) is 12.7. The summed E-state index contributed by atoms with van der Waals surface area (Å²) in [7, 11) is 0. The number of halogens is 1. The summed E-state index contributed by atoms with van der Waals surface area (Å²) in [5.41, 5.74) is 1.68. The molecule has 0 bridgehead atoms. The van der Waals surface area contributed by atoms with Gasteiger partial charge in [0.25, 0.3) is 5.56 Å². The van der Waals surface area contributed by atoms with E-state index in [-0.39, 0.29) is 34.6 Å². The van der Waals surface area contributed by atoms with E-state index in [0.29, 0.717) is 5.76 Å². The molecule has 6 nitrogen and oxygen atoms in total. The van der Waals surface area contributed by atoms with E-state index in [4.69, 9.17) is 9.93 Å². The maximum atomic E-state index is 11.0. The highest BCUT2D eigenvalue weighted by molar-refractivity contribution is 8.93. The van der Waals surface area contributed by atoms with Crippen LogP contribution in [0.15, 0.2) is 57.8 Å². The Balaban J connectivity index is 0.00000161. The number of H-pyrrole nitrogens is 1. The molecule has 0 aliphatic heterocycles. The van der Waals surface area contributed by atoms with Crippen molar-refractivity contribution in [2.24, 2.45) is 0 Å². The van der Waals surface area contributed by atoms with Gasteiger partial charge >= 0.3 is 0 Å². The van der Waals surface area contributed by atoms with Crippen LogP contribution in [0.5, 0.6) is 0 Å². The quantitative estimate of drug-likeness (QED) is 0.758. The third-order valence-corrected chi connectivity index (χ3v) is 2.86. The van der Waals surface area contributed by atoms with Crippen molar-refractivity contribution in [3.05, 3.63) is 70.1 Å². The fourth-order valence-electron chi connectivity index (χ4n) is 1.89. The molecular formula is C14H13BrN4O2. The monoisotopic (exact) mass is 348 g/mol. The van der Waals surface area contributed by atoms with Crippen molar-refractivity contribution in [3.8, 4) is 11.3 Å². The predicted octanol–water partition coefficient (Wildman–Crippen LogP) is 1.94. The van der Waals surface area contributed by atoms with Crippen LogP contribution in [0.3, 0.4) is 0 Å². The van der Waals surface area contributed by atoms with Gasteiger partial charge < -0.3 is 4.52 Å². The molecule has 21 heavy (non-hydrogen) atoms. The highest BCUT2D eigenvalue weighted by Crippen LogP contribution is 2.14. The van der Waals surface area contributed by atoms with Crippen LogP contribution in [0.2, 0.25) is 0 Å². The Labute approximate surface area is 130 Å². The van der Waals surface area contributed by atoms with Crippen molar-refractivity contribution in [2.45, 2.75) is 6.54 Å². The van der Waals surface area contributed by atoms with E-state index < -0.39 is 0 Å². The molecular weight excluding hydrogens is 336 g/mol. The lowest BCUT2D eigenvalue weighted by Crippen LogP contribution is -2.22. The number of hydrogen-bond donors (Lipinski definition) is 2. The summed E-state index contributed by atoms with van der Waals surface area (Å²) in [6, 6.07) is 14.5. The molecule has 3 rings (SSSR count). The van der Waals surface area contributed by atoms with Gasteiger partial charge in [-0.05, 0) is 12.1 Å². The molecule has 7 heteroatoms. The van der Waals surface area contributed by atoms with Gasteiger partial charge in [0.05, 0.1) is 5.69 Å². The van der Waals surface area contributed by atoms with E-state index in [1.165, 1.54) is 10.7 Å². The van der Waals surface area contributed by atoms with Crippen LogP contribution < -0.4 is 11.0 Å². The van der Waals surface area contributed by atoms with Crippen molar-refractivity contribution >= 4 is 17.0 Å². The molecule has 0 atom stereocenters. The van der Waals surface area contributed by atoms with Crippen molar-refractivity contribution in [1.82, 2.24) is 14.9 Å². The minimum absolute atomic E-state index is 0. The summed E-state index contributed by atoms with van der Waals surface area (Å²) in [5, 5.41) is 14.5. The molecule has 108 valence electrons. The molecule has 1 aromatic carbocycles. The highest BCUT2D eigenvalue weighted by Gasteiger charge is 2.05. The zero-order valence-electron chi connectivity index (χ0n) is 10.9. The van der Waals surface area contributed by atoms with Crippen molar-refractivity contribution in [1.29, 1.82) is 5.41 Å². The largest absolute Gasteiger partial charge is 0.382 e. The van der Waals surface area contributed by atoms with Crippen molar-refractivity contribution < 1.29 is 4.52 Å². The van der Waals surface area contributed by atoms with E-state index in [9.17, 15) is 4.79 Å². The first-order chi connectivity index (χ1) is 9.72. The van der Waals surface area contributed by atoms with Crippen LogP contribution in [0.1, 0.15) is 5.76 Å². The molecule has 0 fully saturated rings. The molecule has 2 N–H and O–H groups in total. The Hall–Kier alpha value is -2.41. The van der Waals surface area contributed by atoms with E-state index in [1.807, 2.05) is 30.3 Å². The standard InChI is InChI=1S/C14H12N4O2.BrH/c15-13-7-6-12(10-4-2-1-3-5-10)16-18(13)9-11-8-14(19)17-20-11;/h1-8,15H,9H2,(H,17,19);1H. The Morgan fingerprint density at radius 3 is 2.62 bits per heavy atom. The van der Waals surface area contributed by atoms with Gasteiger partial charge in [-0.15, -0.1) is 17.0 Å². The Bertz CT molecular complexity index is 836. The molecule has 0 saturated heterocycles. The van der Waals surface area contributed by atoms with Gasteiger partial charge in [-0.3, -0.25) is 10.2 Å². The van der Waals surface area contributed by atoms with Gasteiger partial charge in [0.2, 0.25) is 0 Å². The van der Waals surface area contributed by atoms with E-state index in [0.717, 1.165) is 11.3 Å². The summed E-state index contributed by atoms with van der Waals surface area (Å²) in [6.45, 7) is 0.234. The number of benzene rings is 1. The van der Waals surface area contributed by atoms with Crippen molar-refractivity contribution in [3.63, 3.8) is 0 Å². The van der Waals surface area contributed by atoms with Crippen LogP contribution in [-0.4, -0.2) is 14.9 Å². The summed E-state index contributed by atoms with van der Waals surface area (Å²) >= 11 is 0. The number of rotatable bonds is 3. The highest BCUT2D eigenvalue weighted by atomic mass is 79.9. The van der Waals surface area contributed by atoms with Gasteiger partial charge in [0.1, 0.15) is 12.0 Å². The second-order valence-electron chi connectivity index (χ2n) is 4.31. The minimum atomic E-state index is -0.300. The van der Waals surface area contributed by atoms with Crippen LogP contribution in [0.25, 0.3) is 11.3 Å². The maximum Gasteiger partial charge on any atom is 0.280 e. The lowest BCUT2D eigenvalue weighted by molar-refractivity contribution is 0.363. The van der Waals surface area contributed by atoms with Gasteiger partial charge in [0, 0.05) is 11.6 Å². The smallest absolute Gasteiger partial charge is 0.280 e. The topological polar surface area (TPSA) is 87.7 Å². The second kappa shape index (κ2) is 6.36. The summed E-state index contributed by atoms with van der Waals surface area (Å²) in [4.78, 5) is 11.0. The molecule has 0 radical (unpaired) electrons. The fourth-order valence-corrected chi connectivity index (χ4v) is 1.89. The molecule has 2 heterocycles. The van der Waals surface area contributed by atoms with Gasteiger partial charge in [-0.1, -0.05) is 30.3 Å². The number of hydrogen-bond acceptors (Lipinski definition) is 4. The van der Waals surface area contributed by atoms with Crippen molar-refractivity contribution in [2.75, 3.05) is 0 Å². The van der Waals surface area contributed by atoms with E-state index in [2.05, 4.69) is 10.3 Å². The lowest BCUT2D eigenvalue weighted by Gasteiger charge is -2.06. The first-order valence-corrected chi connectivity index (χ1v) is 6.08. The number of aromatic amines is 1. The molecule has 2 aromatic heterocycles. The van der Waals surface area contributed by atoms with Crippen LogP contribution in [0.4, 0.5) is 0 Å². The second-order valence-corrected chi connectivity index (χ2v) is 4.31. The average molecular weight is 349 g/mol. The molecule has 3 aromatic rings. The third-order valence-electron chi connectivity index (χ3n) is 2.86. The average Bonchev–Trinajstić information content (AvgIpc) is 2.88. The predicted molar refractivity (Wildman–Crippen MR) is 82.3 cm³/mol. The SMILES string of the molecule is Br.N=c1ccc(-c2ccccc2)nn1Cc1cc(=O)[nH]o1.